The Bertz CT molecular complexity index is 386. The minimum atomic E-state index is 0.506. The van der Waals surface area contributed by atoms with Crippen molar-refractivity contribution in [1.29, 1.82) is 5.41 Å². The average Bonchev–Trinajstić information content (AvgIpc) is 2.59. The number of nitrogens with one attached hydrogen (secondary N) is 2. The normalized spacial score (nSPS) is 12.1. The first kappa shape index (κ1) is 11.2. The molecule has 0 aliphatic rings. The van der Waals surface area contributed by atoms with Gasteiger partial charge in [0.1, 0.15) is 6.34 Å². The van der Waals surface area contributed by atoms with Gasteiger partial charge in [-0.3, -0.25) is 5.41 Å². The first-order valence-electron chi connectivity index (χ1n) is 4.57. The van der Waals surface area contributed by atoms with Crippen LogP contribution in [0.5, 0.6) is 0 Å². The zero-order valence-electron chi connectivity index (χ0n) is 9.15. The number of aryl methyl sites for hydroxylation is 1. The molecule has 15 heavy (non-hydrogen) atoms. The molecule has 0 bridgehead atoms. The Balaban J connectivity index is 2.94. The van der Waals surface area contributed by atoms with Crippen LogP contribution in [0.25, 0.3) is 0 Å². The second-order valence-electron chi connectivity index (χ2n) is 3.35. The Morgan fingerprint density at radius 1 is 1.47 bits per heavy atom. The van der Waals surface area contributed by atoms with E-state index in [1.54, 1.807) is 6.34 Å². The zero-order valence-corrected chi connectivity index (χ0v) is 9.15. The third-order valence-electron chi connectivity index (χ3n) is 1.67. The van der Waals surface area contributed by atoms with Gasteiger partial charge >= 0.3 is 0 Å². The summed E-state index contributed by atoms with van der Waals surface area (Å²) in [5.41, 5.74) is 1.86. The van der Waals surface area contributed by atoms with E-state index in [1.165, 1.54) is 0 Å². The van der Waals surface area contributed by atoms with Crippen LogP contribution in [0.4, 0.5) is 0 Å². The van der Waals surface area contributed by atoms with Gasteiger partial charge in [-0.05, 0) is 19.1 Å². The van der Waals surface area contributed by atoms with Crippen molar-refractivity contribution in [3.8, 4) is 0 Å². The van der Waals surface area contributed by atoms with Gasteiger partial charge in [0, 0.05) is 19.8 Å². The Morgan fingerprint density at radius 3 is 2.67 bits per heavy atom. The molecule has 80 valence electrons. The Hall–Kier alpha value is -1.91. The molecule has 5 heteroatoms. The van der Waals surface area contributed by atoms with Crippen LogP contribution < -0.4 is 0 Å². The van der Waals surface area contributed by atoms with Gasteiger partial charge in [0.25, 0.3) is 0 Å². The molecule has 0 saturated carbocycles. The van der Waals surface area contributed by atoms with Crippen LogP contribution in [0.1, 0.15) is 11.4 Å². The van der Waals surface area contributed by atoms with Gasteiger partial charge in [0.05, 0.1) is 12.0 Å². The van der Waals surface area contributed by atoms with Crippen molar-refractivity contribution in [1.82, 2.24) is 9.88 Å². The lowest BCUT2D eigenvalue weighted by Crippen LogP contribution is -2.10. The highest BCUT2D eigenvalue weighted by atomic mass is 15.1. The second kappa shape index (κ2) is 5.09. The topological polar surface area (TPSA) is 67.6 Å². The molecule has 0 fully saturated rings. The average molecular weight is 205 g/mol. The van der Waals surface area contributed by atoms with Crippen molar-refractivity contribution in [2.45, 2.75) is 6.92 Å². The predicted octanol–water partition coefficient (Wildman–Crippen LogP) is 1.27. The highest BCUT2D eigenvalue weighted by molar-refractivity contribution is 6.04. The molecule has 0 aromatic carbocycles. The maximum Gasteiger partial charge on any atom is 0.178 e. The Morgan fingerprint density at radius 2 is 2.20 bits per heavy atom. The fourth-order valence-corrected chi connectivity index (χ4v) is 1.04. The number of hydrogen-bond acceptors (Lipinski definition) is 1. The molecule has 1 rings (SSSR count). The van der Waals surface area contributed by atoms with Crippen LogP contribution in [-0.2, 0) is 0 Å². The first-order valence-corrected chi connectivity index (χ1v) is 4.57. The molecular formula is C10H15N5. The standard InChI is InChI=1S/C10H15N5/c1-8-4-5-9(14-8)10(12-6-11)13-7-15(2)3/h4-7,11,14H,1-3H3. The summed E-state index contributed by atoms with van der Waals surface area (Å²) < 4.78 is 0. The molecule has 0 radical (unpaired) electrons. The van der Waals surface area contributed by atoms with E-state index in [2.05, 4.69) is 15.0 Å². The van der Waals surface area contributed by atoms with Gasteiger partial charge in [-0.25, -0.2) is 9.98 Å². The minimum Gasteiger partial charge on any atom is -0.369 e. The largest absolute Gasteiger partial charge is 0.369 e. The SMILES string of the molecule is Cc1ccc(C(N=CN(C)C)=NC=N)[nH]1. The van der Waals surface area contributed by atoms with Crippen molar-refractivity contribution in [2.24, 2.45) is 9.98 Å². The lowest BCUT2D eigenvalue weighted by Gasteiger charge is -2.02. The summed E-state index contributed by atoms with van der Waals surface area (Å²) in [5, 5.41) is 6.96. The molecule has 1 heterocycles. The number of rotatable bonds is 3. The van der Waals surface area contributed by atoms with Crippen LogP contribution in [0.3, 0.4) is 0 Å². The minimum absolute atomic E-state index is 0.506. The van der Waals surface area contributed by atoms with Gasteiger partial charge in [-0.15, -0.1) is 0 Å². The van der Waals surface area contributed by atoms with Crippen molar-refractivity contribution in [3.05, 3.63) is 23.5 Å². The molecule has 5 nitrogen and oxygen atoms in total. The van der Waals surface area contributed by atoms with Gasteiger partial charge in [-0.1, -0.05) is 0 Å². The van der Waals surface area contributed by atoms with Gasteiger partial charge in [-0.2, -0.15) is 0 Å². The molecule has 0 unspecified atom stereocenters. The number of aromatic amines is 1. The van der Waals surface area contributed by atoms with E-state index in [9.17, 15) is 0 Å². The van der Waals surface area contributed by atoms with Crippen LogP contribution in [0, 0.1) is 12.3 Å². The highest BCUT2D eigenvalue weighted by Gasteiger charge is 2.02. The molecular weight excluding hydrogens is 190 g/mol. The monoisotopic (exact) mass is 205 g/mol. The third kappa shape index (κ3) is 3.38. The summed E-state index contributed by atoms with van der Waals surface area (Å²) in [6, 6.07) is 3.84. The van der Waals surface area contributed by atoms with E-state index in [-0.39, 0.29) is 0 Å². The van der Waals surface area contributed by atoms with Gasteiger partial charge < -0.3 is 9.88 Å². The summed E-state index contributed by atoms with van der Waals surface area (Å²) >= 11 is 0. The second-order valence-corrected chi connectivity index (χ2v) is 3.35. The third-order valence-corrected chi connectivity index (χ3v) is 1.67. The summed E-state index contributed by atoms with van der Waals surface area (Å²) in [4.78, 5) is 13.0. The van der Waals surface area contributed by atoms with Gasteiger partial charge in [0.15, 0.2) is 5.84 Å². The number of H-pyrrole nitrogens is 1. The van der Waals surface area contributed by atoms with E-state index in [4.69, 9.17) is 5.41 Å². The zero-order chi connectivity index (χ0) is 11.3. The molecule has 0 saturated heterocycles. The number of aliphatic imine (C=N–C) groups is 2. The van der Waals surface area contributed by atoms with E-state index in [0.29, 0.717) is 5.84 Å². The maximum atomic E-state index is 6.96. The molecule has 1 aromatic rings. The lowest BCUT2D eigenvalue weighted by molar-refractivity contribution is 0.644. The summed E-state index contributed by atoms with van der Waals surface area (Å²) in [6.07, 6.45) is 2.64. The molecule has 0 amide bonds. The van der Waals surface area contributed by atoms with Crippen LogP contribution in [-0.4, -0.2) is 42.5 Å². The fourth-order valence-electron chi connectivity index (χ4n) is 1.04. The summed E-state index contributed by atoms with van der Waals surface area (Å²) in [6.45, 7) is 1.96. The van der Waals surface area contributed by atoms with Crippen LogP contribution in [0.15, 0.2) is 22.1 Å². The van der Waals surface area contributed by atoms with Gasteiger partial charge in [0.2, 0.25) is 0 Å². The summed E-state index contributed by atoms with van der Waals surface area (Å²) in [7, 11) is 3.76. The molecule has 2 N–H and O–H groups in total. The molecule has 0 aliphatic carbocycles. The smallest absolute Gasteiger partial charge is 0.178 e. The van der Waals surface area contributed by atoms with Crippen molar-refractivity contribution in [2.75, 3.05) is 14.1 Å². The Kier molecular flexibility index (Phi) is 3.79. The quantitative estimate of drug-likeness (QED) is 0.566. The number of nitrogens with zero attached hydrogens (tertiary/aromatic N) is 3. The van der Waals surface area contributed by atoms with Crippen molar-refractivity contribution < 1.29 is 0 Å². The fraction of sp³-hybridized carbons (Fsp3) is 0.300. The number of aromatic nitrogens is 1. The van der Waals surface area contributed by atoms with E-state index in [0.717, 1.165) is 17.7 Å². The highest BCUT2D eigenvalue weighted by Crippen LogP contribution is 2.02. The number of hydrogen-bond donors (Lipinski definition) is 2. The molecule has 0 atom stereocenters. The van der Waals surface area contributed by atoms with E-state index >= 15 is 0 Å². The number of amidine groups is 1. The summed E-state index contributed by atoms with van der Waals surface area (Å²) in [5.74, 6) is 0.506. The molecule has 0 spiro atoms. The molecule has 1 aromatic heterocycles. The maximum absolute atomic E-state index is 6.96. The van der Waals surface area contributed by atoms with Crippen LogP contribution >= 0.6 is 0 Å². The molecule has 0 aliphatic heterocycles. The van der Waals surface area contributed by atoms with Crippen molar-refractivity contribution >= 4 is 18.5 Å². The van der Waals surface area contributed by atoms with Crippen molar-refractivity contribution in [3.63, 3.8) is 0 Å². The lowest BCUT2D eigenvalue weighted by atomic mass is 10.4. The first-order chi connectivity index (χ1) is 7.13. The predicted molar refractivity (Wildman–Crippen MR) is 63.0 cm³/mol. The Labute approximate surface area is 89.1 Å². The van der Waals surface area contributed by atoms with Crippen LogP contribution in [0.2, 0.25) is 0 Å². The van der Waals surface area contributed by atoms with E-state index in [1.807, 2.05) is 38.1 Å². The van der Waals surface area contributed by atoms with E-state index < -0.39 is 0 Å².